The van der Waals surface area contributed by atoms with Crippen LogP contribution in [0, 0.1) is 0 Å². The highest BCUT2D eigenvalue weighted by Gasteiger charge is 2.56. The highest BCUT2D eigenvalue weighted by atomic mass is 32.2. The molecule has 2 aliphatic rings. The number of benzene rings is 1. The van der Waals surface area contributed by atoms with Crippen LogP contribution in [0.2, 0.25) is 0 Å². The lowest BCUT2D eigenvalue weighted by atomic mass is 9.94. The largest absolute Gasteiger partial charge is 0.497 e. The zero-order valence-electron chi connectivity index (χ0n) is 11.8. The first-order valence-electron chi connectivity index (χ1n) is 6.46. The molecule has 3 rings (SSSR count). The smallest absolute Gasteiger partial charge is 0.248 e. The number of hydroxylamine groups is 2. The number of rotatable bonds is 3. The van der Waals surface area contributed by atoms with Crippen molar-refractivity contribution < 1.29 is 22.8 Å². The van der Waals surface area contributed by atoms with Crippen molar-refractivity contribution >= 4 is 15.9 Å². The van der Waals surface area contributed by atoms with Gasteiger partial charge in [-0.15, -0.1) is 0 Å². The van der Waals surface area contributed by atoms with Crippen molar-refractivity contribution in [3.63, 3.8) is 0 Å². The summed E-state index contributed by atoms with van der Waals surface area (Å²) in [5.74, 6) is 0.469. The van der Waals surface area contributed by atoms with Gasteiger partial charge in [0.15, 0.2) is 0 Å². The molecule has 0 saturated carbocycles. The summed E-state index contributed by atoms with van der Waals surface area (Å²) in [6.07, 6.45) is 0.220. The highest BCUT2D eigenvalue weighted by molar-refractivity contribution is 7.89. The van der Waals surface area contributed by atoms with E-state index in [1.165, 1.54) is 35.7 Å². The third kappa shape index (κ3) is 2.29. The zero-order chi connectivity index (χ0) is 15.3. The first kappa shape index (κ1) is 14.3. The molecular weight excluding hydrogens is 296 g/mol. The Balaban J connectivity index is 1.74. The number of hydrogen-bond acceptors (Lipinski definition) is 5. The van der Waals surface area contributed by atoms with Crippen LogP contribution in [0.1, 0.15) is 6.42 Å². The summed E-state index contributed by atoms with van der Waals surface area (Å²) in [4.78, 5) is 17.2. The average Bonchev–Trinajstić information content (AvgIpc) is 2.73. The van der Waals surface area contributed by atoms with Crippen LogP contribution < -0.4 is 4.74 Å². The Labute approximate surface area is 123 Å². The van der Waals surface area contributed by atoms with Crippen molar-refractivity contribution in [2.45, 2.75) is 16.9 Å². The minimum Gasteiger partial charge on any atom is -0.497 e. The molecule has 0 radical (unpaired) electrons. The number of carbonyl (C=O) groups is 1. The highest BCUT2D eigenvalue weighted by Crippen LogP contribution is 2.38. The van der Waals surface area contributed by atoms with Gasteiger partial charge in [0.2, 0.25) is 15.9 Å². The molecule has 0 atom stereocenters. The van der Waals surface area contributed by atoms with Crippen molar-refractivity contribution in [3.05, 3.63) is 24.3 Å². The molecule has 0 aliphatic carbocycles. The van der Waals surface area contributed by atoms with Crippen molar-refractivity contribution in [1.29, 1.82) is 0 Å². The van der Waals surface area contributed by atoms with Gasteiger partial charge < -0.3 is 4.74 Å². The maximum atomic E-state index is 12.4. The van der Waals surface area contributed by atoms with Crippen LogP contribution >= 0.6 is 0 Å². The molecule has 0 aromatic heterocycles. The second-order valence-electron chi connectivity index (χ2n) is 5.29. The topological polar surface area (TPSA) is 76.2 Å². The maximum absolute atomic E-state index is 12.4. The van der Waals surface area contributed by atoms with Crippen LogP contribution in [0.5, 0.6) is 5.75 Å². The van der Waals surface area contributed by atoms with Crippen LogP contribution in [-0.2, 0) is 19.7 Å². The standard InChI is InChI=1S/C13H16N2O5S/c1-14-12(16)7-13(20-14)8-15(9-13)21(17,18)11-5-3-10(19-2)4-6-11/h3-6H,7-9H2,1-2H3. The van der Waals surface area contributed by atoms with Gasteiger partial charge in [-0.05, 0) is 24.3 Å². The molecule has 114 valence electrons. The SMILES string of the molecule is COc1ccc(S(=O)(=O)N2CC3(CC(=O)N(C)O3)C2)cc1. The van der Waals surface area contributed by atoms with E-state index >= 15 is 0 Å². The minimum absolute atomic E-state index is 0.128. The minimum atomic E-state index is -3.56. The van der Waals surface area contributed by atoms with Crippen molar-refractivity contribution in [2.24, 2.45) is 0 Å². The summed E-state index contributed by atoms with van der Waals surface area (Å²) in [6, 6.07) is 6.22. The lowest BCUT2D eigenvalue weighted by Crippen LogP contribution is -2.63. The Bertz CT molecular complexity index is 664. The number of methoxy groups -OCH3 is 1. The van der Waals surface area contributed by atoms with E-state index in [0.29, 0.717) is 5.75 Å². The molecule has 1 amide bonds. The number of carbonyl (C=O) groups excluding carboxylic acids is 1. The molecule has 0 bridgehead atoms. The van der Waals surface area contributed by atoms with Crippen LogP contribution in [0.4, 0.5) is 0 Å². The lowest BCUT2D eigenvalue weighted by Gasteiger charge is -2.44. The summed E-state index contributed by atoms with van der Waals surface area (Å²) in [7, 11) is -0.497. The molecule has 1 spiro atoms. The van der Waals surface area contributed by atoms with E-state index in [4.69, 9.17) is 9.57 Å². The monoisotopic (exact) mass is 312 g/mol. The Hall–Kier alpha value is -1.64. The lowest BCUT2D eigenvalue weighted by molar-refractivity contribution is -0.214. The number of sulfonamides is 1. The maximum Gasteiger partial charge on any atom is 0.248 e. The van der Waals surface area contributed by atoms with E-state index in [2.05, 4.69) is 0 Å². The molecule has 1 aromatic carbocycles. The van der Waals surface area contributed by atoms with Crippen LogP contribution in [0.3, 0.4) is 0 Å². The van der Waals surface area contributed by atoms with Gasteiger partial charge in [0.25, 0.3) is 0 Å². The van der Waals surface area contributed by atoms with Gasteiger partial charge in [-0.2, -0.15) is 4.31 Å². The molecule has 7 nitrogen and oxygen atoms in total. The van der Waals surface area contributed by atoms with Gasteiger partial charge in [0.1, 0.15) is 11.4 Å². The van der Waals surface area contributed by atoms with Gasteiger partial charge in [-0.3, -0.25) is 9.63 Å². The van der Waals surface area contributed by atoms with E-state index < -0.39 is 15.6 Å². The number of nitrogens with zero attached hydrogens (tertiary/aromatic N) is 2. The molecule has 0 unspecified atom stereocenters. The molecule has 0 N–H and O–H groups in total. The second-order valence-corrected chi connectivity index (χ2v) is 7.23. The third-order valence-electron chi connectivity index (χ3n) is 3.78. The quantitative estimate of drug-likeness (QED) is 0.799. The molecule has 2 saturated heterocycles. The van der Waals surface area contributed by atoms with E-state index in [0.717, 1.165) is 0 Å². The predicted octanol–water partition coefficient (Wildman–Crippen LogP) is 0.232. The van der Waals surface area contributed by atoms with E-state index in [-0.39, 0.29) is 30.3 Å². The Kier molecular flexibility index (Phi) is 3.19. The molecule has 2 heterocycles. The van der Waals surface area contributed by atoms with E-state index in [1.54, 1.807) is 12.1 Å². The van der Waals surface area contributed by atoms with Crippen LogP contribution in [-0.4, -0.2) is 56.5 Å². The van der Waals surface area contributed by atoms with E-state index in [9.17, 15) is 13.2 Å². The molecule has 8 heteroatoms. The van der Waals surface area contributed by atoms with Gasteiger partial charge in [-0.25, -0.2) is 13.5 Å². The molecule has 2 aliphatic heterocycles. The molecule has 21 heavy (non-hydrogen) atoms. The summed E-state index contributed by atoms with van der Waals surface area (Å²) >= 11 is 0. The number of amides is 1. The van der Waals surface area contributed by atoms with Crippen LogP contribution in [0.15, 0.2) is 29.2 Å². The zero-order valence-corrected chi connectivity index (χ0v) is 12.6. The van der Waals surface area contributed by atoms with E-state index in [1.807, 2.05) is 0 Å². The summed E-state index contributed by atoms with van der Waals surface area (Å²) in [5.41, 5.74) is -0.689. The normalized spacial score (nSPS) is 21.6. The molecule has 1 aromatic rings. The fourth-order valence-corrected chi connectivity index (χ4v) is 4.18. The van der Waals surface area contributed by atoms with Gasteiger partial charge >= 0.3 is 0 Å². The molecular formula is C13H16N2O5S. The Morgan fingerprint density at radius 2 is 1.86 bits per heavy atom. The third-order valence-corrected chi connectivity index (χ3v) is 5.59. The van der Waals surface area contributed by atoms with Crippen LogP contribution in [0.25, 0.3) is 0 Å². The van der Waals surface area contributed by atoms with Gasteiger partial charge in [0, 0.05) is 20.1 Å². The number of hydrogen-bond donors (Lipinski definition) is 0. The van der Waals surface area contributed by atoms with Gasteiger partial charge in [0.05, 0.1) is 18.4 Å². The summed E-state index contributed by atoms with van der Waals surface area (Å²) in [5, 5.41) is 1.18. The Morgan fingerprint density at radius 1 is 1.24 bits per heavy atom. The summed E-state index contributed by atoms with van der Waals surface area (Å²) < 4.78 is 31.2. The van der Waals surface area contributed by atoms with Crippen molar-refractivity contribution in [3.8, 4) is 5.75 Å². The first-order chi connectivity index (χ1) is 9.86. The van der Waals surface area contributed by atoms with Crippen molar-refractivity contribution in [2.75, 3.05) is 27.2 Å². The molecule has 2 fully saturated rings. The first-order valence-corrected chi connectivity index (χ1v) is 7.90. The predicted molar refractivity (Wildman–Crippen MR) is 73.0 cm³/mol. The number of ether oxygens (including phenoxy) is 1. The average molecular weight is 312 g/mol. The van der Waals surface area contributed by atoms with Crippen molar-refractivity contribution in [1.82, 2.24) is 9.37 Å². The fraction of sp³-hybridized carbons (Fsp3) is 0.462. The fourth-order valence-electron chi connectivity index (χ4n) is 2.59. The summed E-state index contributed by atoms with van der Waals surface area (Å²) in [6.45, 7) is 0.384. The van der Waals surface area contributed by atoms with Gasteiger partial charge in [-0.1, -0.05) is 0 Å². The Morgan fingerprint density at radius 3 is 2.33 bits per heavy atom. The second kappa shape index (κ2) is 4.69.